The lowest BCUT2D eigenvalue weighted by Crippen LogP contribution is -2.14. The summed E-state index contributed by atoms with van der Waals surface area (Å²) < 4.78 is 6.21. The van der Waals surface area contributed by atoms with Gasteiger partial charge in [0.2, 0.25) is 0 Å². The van der Waals surface area contributed by atoms with Gasteiger partial charge in [0.25, 0.3) is 5.91 Å². The number of methoxy groups -OCH3 is 1. The lowest BCUT2D eigenvalue weighted by Gasteiger charge is -2.09. The Labute approximate surface area is 125 Å². The number of halogens is 1. The number of anilines is 1. The maximum Gasteiger partial charge on any atom is 0.260 e. The Morgan fingerprint density at radius 2 is 2.11 bits per heavy atom. The third-order valence-corrected chi connectivity index (χ3v) is 3.21. The fraction of sp³-hybridized carbons (Fsp3) is 0.143. The van der Waals surface area contributed by atoms with E-state index in [9.17, 15) is 4.79 Å². The van der Waals surface area contributed by atoms with E-state index in [0.717, 1.165) is 9.13 Å². The van der Waals surface area contributed by atoms with Crippen LogP contribution in [0.4, 0.5) is 5.82 Å². The van der Waals surface area contributed by atoms with Gasteiger partial charge in [0.15, 0.2) is 0 Å². The SMILES string of the molecule is COc1ccc(C)cc1C(=O)Nc1ccc(I)cn1. The second-order valence-electron chi connectivity index (χ2n) is 4.02. The first-order chi connectivity index (χ1) is 9.10. The van der Waals surface area contributed by atoms with Gasteiger partial charge in [-0.3, -0.25) is 4.79 Å². The van der Waals surface area contributed by atoms with Crippen LogP contribution < -0.4 is 10.1 Å². The highest BCUT2D eigenvalue weighted by Gasteiger charge is 2.13. The molecule has 98 valence electrons. The van der Waals surface area contributed by atoms with Crippen molar-refractivity contribution in [3.05, 3.63) is 51.2 Å². The molecule has 0 aliphatic carbocycles. The lowest BCUT2D eigenvalue weighted by atomic mass is 10.1. The summed E-state index contributed by atoms with van der Waals surface area (Å²) in [5, 5.41) is 2.75. The molecule has 1 aromatic carbocycles. The number of nitrogens with one attached hydrogen (secondary N) is 1. The molecule has 1 heterocycles. The molecular weight excluding hydrogens is 355 g/mol. The average Bonchev–Trinajstić information content (AvgIpc) is 2.41. The van der Waals surface area contributed by atoms with Crippen molar-refractivity contribution in [3.8, 4) is 5.75 Å². The number of aromatic nitrogens is 1. The van der Waals surface area contributed by atoms with Gasteiger partial charge in [0.05, 0.1) is 12.7 Å². The second-order valence-corrected chi connectivity index (χ2v) is 5.27. The monoisotopic (exact) mass is 368 g/mol. The minimum absolute atomic E-state index is 0.228. The molecule has 19 heavy (non-hydrogen) atoms. The molecule has 0 fully saturated rings. The molecule has 0 spiro atoms. The molecule has 1 amide bonds. The van der Waals surface area contributed by atoms with E-state index in [1.165, 1.54) is 0 Å². The van der Waals surface area contributed by atoms with Crippen LogP contribution in [0.1, 0.15) is 15.9 Å². The molecule has 4 nitrogen and oxygen atoms in total. The number of nitrogens with zero attached hydrogens (tertiary/aromatic N) is 1. The Hall–Kier alpha value is -1.63. The van der Waals surface area contributed by atoms with Crippen molar-refractivity contribution in [1.82, 2.24) is 4.98 Å². The van der Waals surface area contributed by atoms with Crippen molar-refractivity contribution in [2.24, 2.45) is 0 Å². The van der Waals surface area contributed by atoms with Crippen LogP contribution in [0.2, 0.25) is 0 Å². The van der Waals surface area contributed by atoms with Crippen LogP contribution in [-0.4, -0.2) is 18.0 Å². The Morgan fingerprint density at radius 3 is 2.74 bits per heavy atom. The number of amides is 1. The first-order valence-electron chi connectivity index (χ1n) is 5.67. The van der Waals surface area contributed by atoms with E-state index >= 15 is 0 Å². The Morgan fingerprint density at radius 1 is 1.32 bits per heavy atom. The molecular formula is C14H13IN2O2. The Bertz CT molecular complexity index is 597. The van der Waals surface area contributed by atoms with Crippen LogP contribution in [-0.2, 0) is 0 Å². The molecule has 0 saturated heterocycles. The maximum atomic E-state index is 12.2. The normalized spacial score (nSPS) is 10.1. The molecule has 5 heteroatoms. The van der Waals surface area contributed by atoms with Crippen LogP contribution in [0.25, 0.3) is 0 Å². The van der Waals surface area contributed by atoms with Gasteiger partial charge in [-0.25, -0.2) is 4.98 Å². The predicted molar refractivity (Wildman–Crippen MR) is 82.6 cm³/mol. The van der Waals surface area contributed by atoms with Gasteiger partial charge in [0.1, 0.15) is 11.6 Å². The minimum Gasteiger partial charge on any atom is -0.496 e. The summed E-state index contributed by atoms with van der Waals surface area (Å²) in [5.74, 6) is 0.844. The number of benzene rings is 1. The molecule has 0 bridgehead atoms. The summed E-state index contributed by atoms with van der Waals surface area (Å²) in [5.41, 5.74) is 1.50. The molecule has 0 radical (unpaired) electrons. The van der Waals surface area contributed by atoms with E-state index < -0.39 is 0 Å². The number of hydrogen-bond acceptors (Lipinski definition) is 3. The molecule has 0 atom stereocenters. The van der Waals surface area contributed by atoms with Crippen molar-refractivity contribution < 1.29 is 9.53 Å². The van der Waals surface area contributed by atoms with E-state index in [4.69, 9.17) is 4.74 Å². The van der Waals surface area contributed by atoms with Gasteiger partial charge in [0, 0.05) is 9.77 Å². The fourth-order valence-electron chi connectivity index (χ4n) is 1.63. The Kier molecular flexibility index (Phi) is 4.36. The number of aryl methyl sites for hydroxylation is 1. The topological polar surface area (TPSA) is 51.2 Å². The average molecular weight is 368 g/mol. The predicted octanol–water partition coefficient (Wildman–Crippen LogP) is 3.26. The van der Waals surface area contributed by atoms with Gasteiger partial charge >= 0.3 is 0 Å². The van der Waals surface area contributed by atoms with Gasteiger partial charge in [-0.15, -0.1) is 0 Å². The summed E-state index contributed by atoms with van der Waals surface area (Å²) in [4.78, 5) is 16.3. The quantitative estimate of drug-likeness (QED) is 0.847. The fourth-order valence-corrected chi connectivity index (χ4v) is 1.95. The number of carbonyl (C=O) groups is 1. The molecule has 2 aromatic rings. The first-order valence-corrected chi connectivity index (χ1v) is 6.75. The maximum absolute atomic E-state index is 12.2. The van der Waals surface area contributed by atoms with E-state index in [2.05, 4.69) is 32.9 Å². The highest BCUT2D eigenvalue weighted by atomic mass is 127. The van der Waals surface area contributed by atoms with Gasteiger partial charge in [-0.05, 0) is 53.8 Å². The largest absolute Gasteiger partial charge is 0.496 e. The minimum atomic E-state index is -0.228. The molecule has 1 aromatic heterocycles. The molecule has 0 aliphatic rings. The van der Waals surface area contributed by atoms with Crippen LogP contribution in [0, 0.1) is 10.5 Å². The Balaban J connectivity index is 2.24. The standard InChI is InChI=1S/C14H13IN2O2/c1-9-3-5-12(19-2)11(7-9)14(18)17-13-6-4-10(15)8-16-13/h3-8H,1-2H3,(H,16,17,18). The smallest absolute Gasteiger partial charge is 0.260 e. The van der Waals surface area contributed by atoms with Gasteiger partial charge < -0.3 is 10.1 Å². The van der Waals surface area contributed by atoms with Crippen molar-refractivity contribution in [3.63, 3.8) is 0 Å². The zero-order chi connectivity index (χ0) is 13.8. The number of ether oxygens (including phenoxy) is 1. The zero-order valence-corrected chi connectivity index (χ0v) is 12.8. The third-order valence-electron chi connectivity index (χ3n) is 2.57. The van der Waals surface area contributed by atoms with Crippen molar-refractivity contribution in [1.29, 1.82) is 0 Å². The number of rotatable bonds is 3. The zero-order valence-electron chi connectivity index (χ0n) is 10.6. The molecule has 2 rings (SSSR count). The highest BCUT2D eigenvalue weighted by Crippen LogP contribution is 2.20. The van der Waals surface area contributed by atoms with Gasteiger partial charge in [-0.1, -0.05) is 11.6 Å². The third kappa shape index (κ3) is 3.44. The van der Waals surface area contributed by atoms with Crippen molar-refractivity contribution in [2.75, 3.05) is 12.4 Å². The van der Waals surface area contributed by atoms with Crippen LogP contribution in [0.15, 0.2) is 36.5 Å². The van der Waals surface area contributed by atoms with E-state index in [-0.39, 0.29) is 5.91 Å². The molecule has 0 aliphatic heterocycles. The summed E-state index contributed by atoms with van der Waals surface area (Å²) >= 11 is 2.16. The summed E-state index contributed by atoms with van der Waals surface area (Å²) in [6.45, 7) is 1.93. The van der Waals surface area contributed by atoms with E-state index in [0.29, 0.717) is 17.1 Å². The van der Waals surface area contributed by atoms with Gasteiger partial charge in [-0.2, -0.15) is 0 Å². The summed E-state index contributed by atoms with van der Waals surface area (Å²) in [7, 11) is 1.55. The van der Waals surface area contributed by atoms with E-state index in [1.807, 2.05) is 19.1 Å². The lowest BCUT2D eigenvalue weighted by molar-refractivity contribution is 0.102. The molecule has 0 unspecified atom stereocenters. The summed E-state index contributed by atoms with van der Waals surface area (Å²) in [6.07, 6.45) is 1.70. The van der Waals surface area contributed by atoms with Crippen LogP contribution in [0.3, 0.4) is 0 Å². The molecule has 1 N–H and O–H groups in total. The second kappa shape index (κ2) is 6.01. The first kappa shape index (κ1) is 13.8. The van der Waals surface area contributed by atoms with Crippen molar-refractivity contribution in [2.45, 2.75) is 6.92 Å². The van der Waals surface area contributed by atoms with E-state index in [1.54, 1.807) is 31.5 Å². The van der Waals surface area contributed by atoms with Crippen molar-refractivity contribution >= 4 is 34.3 Å². The number of hydrogen-bond donors (Lipinski definition) is 1. The van der Waals surface area contributed by atoms with Crippen LogP contribution >= 0.6 is 22.6 Å². The highest BCUT2D eigenvalue weighted by molar-refractivity contribution is 14.1. The number of carbonyl (C=O) groups excluding carboxylic acids is 1. The summed E-state index contributed by atoms with van der Waals surface area (Å²) in [6, 6.07) is 9.13. The van der Waals surface area contributed by atoms with Crippen LogP contribution in [0.5, 0.6) is 5.75 Å². The number of pyridine rings is 1. The molecule has 0 saturated carbocycles.